The van der Waals surface area contributed by atoms with Crippen LogP contribution in [0.3, 0.4) is 0 Å². The van der Waals surface area contributed by atoms with Crippen LogP contribution in [0.2, 0.25) is 0 Å². The van der Waals surface area contributed by atoms with Crippen LogP contribution in [0.4, 0.5) is 0 Å². The first kappa shape index (κ1) is 8.73. The lowest BCUT2D eigenvalue weighted by atomic mass is 10.1. The summed E-state index contributed by atoms with van der Waals surface area (Å²) in [7, 11) is 0. The van der Waals surface area contributed by atoms with E-state index in [1.807, 2.05) is 0 Å². The van der Waals surface area contributed by atoms with E-state index >= 15 is 0 Å². The number of rotatable bonds is 3. The van der Waals surface area contributed by atoms with E-state index in [0.29, 0.717) is 6.04 Å². The molecule has 1 saturated heterocycles. The second-order valence-corrected chi connectivity index (χ2v) is 3.60. The molecule has 1 aliphatic rings. The zero-order valence-electron chi connectivity index (χ0n) is 7.92. The van der Waals surface area contributed by atoms with Crippen LogP contribution in [0, 0.1) is 6.92 Å². The van der Waals surface area contributed by atoms with Crippen LogP contribution < -0.4 is 5.32 Å². The van der Waals surface area contributed by atoms with Crippen molar-refractivity contribution in [3.8, 4) is 0 Å². The summed E-state index contributed by atoms with van der Waals surface area (Å²) in [4.78, 5) is 0. The molecular formula is C11H15NO. The maximum absolute atomic E-state index is 5.08. The largest absolute Gasteiger partial charge is 0.378 e. The number of ether oxygens (including phenoxy) is 1. The molecule has 0 radical (unpaired) electrons. The van der Waals surface area contributed by atoms with E-state index in [1.165, 1.54) is 11.1 Å². The highest BCUT2D eigenvalue weighted by molar-refractivity contribution is 5.22. The molecule has 0 atom stereocenters. The minimum atomic E-state index is 0.570. The van der Waals surface area contributed by atoms with Gasteiger partial charge in [-0.15, -0.1) is 0 Å². The van der Waals surface area contributed by atoms with Crippen LogP contribution >= 0.6 is 0 Å². The van der Waals surface area contributed by atoms with Crippen molar-refractivity contribution in [1.82, 2.24) is 5.32 Å². The van der Waals surface area contributed by atoms with Crippen LogP contribution in [0.15, 0.2) is 24.3 Å². The summed E-state index contributed by atoms with van der Waals surface area (Å²) in [6.45, 7) is 4.81. The first-order chi connectivity index (χ1) is 6.34. The van der Waals surface area contributed by atoms with E-state index in [0.717, 1.165) is 19.8 Å². The molecule has 0 amide bonds. The second kappa shape index (κ2) is 3.90. The van der Waals surface area contributed by atoms with E-state index in [9.17, 15) is 0 Å². The molecule has 70 valence electrons. The van der Waals surface area contributed by atoms with Crippen LogP contribution in [0.1, 0.15) is 11.1 Å². The molecule has 0 spiro atoms. The van der Waals surface area contributed by atoms with E-state index in [1.54, 1.807) is 0 Å². The van der Waals surface area contributed by atoms with E-state index in [2.05, 4.69) is 36.5 Å². The number of aryl methyl sites for hydroxylation is 1. The van der Waals surface area contributed by atoms with Crippen molar-refractivity contribution >= 4 is 0 Å². The molecule has 1 N–H and O–H groups in total. The van der Waals surface area contributed by atoms with Gasteiger partial charge in [-0.3, -0.25) is 0 Å². The smallest absolute Gasteiger partial charge is 0.0643 e. The normalized spacial score (nSPS) is 17.0. The first-order valence-corrected chi connectivity index (χ1v) is 4.71. The fraction of sp³-hybridized carbons (Fsp3) is 0.455. The van der Waals surface area contributed by atoms with Gasteiger partial charge in [-0.2, -0.15) is 0 Å². The Hall–Kier alpha value is -0.860. The lowest BCUT2D eigenvalue weighted by molar-refractivity contribution is -0.00578. The molecule has 2 rings (SSSR count). The zero-order valence-corrected chi connectivity index (χ0v) is 7.92. The second-order valence-electron chi connectivity index (χ2n) is 3.60. The molecular weight excluding hydrogens is 162 g/mol. The topological polar surface area (TPSA) is 21.3 Å². The third-order valence-electron chi connectivity index (χ3n) is 2.32. The molecule has 1 aromatic rings. The molecule has 1 heterocycles. The first-order valence-electron chi connectivity index (χ1n) is 4.71. The average molecular weight is 177 g/mol. The Kier molecular flexibility index (Phi) is 2.62. The predicted molar refractivity (Wildman–Crippen MR) is 52.6 cm³/mol. The number of hydrogen-bond acceptors (Lipinski definition) is 2. The van der Waals surface area contributed by atoms with Crippen LogP contribution in [-0.4, -0.2) is 19.3 Å². The Morgan fingerprint density at radius 2 is 2.31 bits per heavy atom. The fourth-order valence-corrected chi connectivity index (χ4v) is 1.44. The Labute approximate surface area is 78.9 Å². The number of benzene rings is 1. The SMILES string of the molecule is Cc1cccc(CNC2COC2)c1. The Bertz CT molecular complexity index is 281. The molecule has 0 saturated carbocycles. The predicted octanol–water partition coefficient (Wildman–Crippen LogP) is 1.48. The zero-order chi connectivity index (χ0) is 9.10. The summed E-state index contributed by atoms with van der Waals surface area (Å²) in [5.41, 5.74) is 2.68. The van der Waals surface area contributed by atoms with Gasteiger partial charge in [-0.25, -0.2) is 0 Å². The van der Waals surface area contributed by atoms with Gasteiger partial charge in [0.25, 0.3) is 0 Å². The number of nitrogens with one attached hydrogen (secondary N) is 1. The summed E-state index contributed by atoms with van der Waals surface area (Å²) < 4.78 is 5.08. The molecule has 1 fully saturated rings. The van der Waals surface area contributed by atoms with Gasteiger partial charge in [0.15, 0.2) is 0 Å². The molecule has 0 aromatic heterocycles. The van der Waals surface area contributed by atoms with Gasteiger partial charge >= 0.3 is 0 Å². The maximum Gasteiger partial charge on any atom is 0.0643 e. The summed E-state index contributed by atoms with van der Waals surface area (Å²) >= 11 is 0. The fourth-order valence-electron chi connectivity index (χ4n) is 1.44. The van der Waals surface area contributed by atoms with Gasteiger partial charge in [0.1, 0.15) is 0 Å². The summed E-state index contributed by atoms with van der Waals surface area (Å²) in [5, 5.41) is 3.44. The van der Waals surface area contributed by atoms with Crippen molar-refractivity contribution in [2.45, 2.75) is 19.5 Å². The molecule has 1 aromatic carbocycles. The van der Waals surface area contributed by atoms with Crippen molar-refractivity contribution in [2.24, 2.45) is 0 Å². The Morgan fingerprint density at radius 3 is 2.92 bits per heavy atom. The van der Waals surface area contributed by atoms with Gasteiger partial charge < -0.3 is 10.1 Å². The Balaban J connectivity index is 1.86. The van der Waals surface area contributed by atoms with Gasteiger partial charge in [0, 0.05) is 6.54 Å². The third-order valence-corrected chi connectivity index (χ3v) is 2.32. The van der Waals surface area contributed by atoms with Crippen molar-refractivity contribution in [3.05, 3.63) is 35.4 Å². The highest BCUT2D eigenvalue weighted by Crippen LogP contribution is 2.05. The van der Waals surface area contributed by atoms with Crippen LogP contribution in [-0.2, 0) is 11.3 Å². The lowest BCUT2D eigenvalue weighted by Crippen LogP contribution is -2.45. The maximum atomic E-state index is 5.08. The van der Waals surface area contributed by atoms with Gasteiger partial charge in [-0.1, -0.05) is 29.8 Å². The molecule has 0 unspecified atom stereocenters. The molecule has 2 heteroatoms. The highest BCUT2D eigenvalue weighted by atomic mass is 16.5. The molecule has 0 bridgehead atoms. The lowest BCUT2D eigenvalue weighted by Gasteiger charge is -2.27. The molecule has 0 aliphatic carbocycles. The van der Waals surface area contributed by atoms with Crippen molar-refractivity contribution in [3.63, 3.8) is 0 Å². The third kappa shape index (κ3) is 2.29. The van der Waals surface area contributed by atoms with E-state index < -0.39 is 0 Å². The molecule has 1 aliphatic heterocycles. The van der Waals surface area contributed by atoms with Crippen molar-refractivity contribution in [1.29, 1.82) is 0 Å². The van der Waals surface area contributed by atoms with Crippen molar-refractivity contribution < 1.29 is 4.74 Å². The minimum Gasteiger partial charge on any atom is -0.378 e. The summed E-state index contributed by atoms with van der Waals surface area (Å²) in [6.07, 6.45) is 0. The summed E-state index contributed by atoms with van der Waals surface area (Å²) in [5.74, 6) is 0. The molecule has 2 nitrogen and oxygen atoms in total. The van der Waals surface area contributed by atoms with E-state index in [4.69, 9.17) is 4.74 Å². The monoisotopic (exact) mass is 177 g/mol. The van der Waals surface area contributed by atoms with Crippen molar-refractivity contribution in [2.75, 3.05) is 13.2 Å². The van der Waals surface area contributed by atoms with Crippen LogP contribution in [0.25, 0.3) is 0 Å². The van der Waals surface area contributed by atoms with Crippen LogP contribution in [0.5, 0.6) is 0 Å². The summed E-state index contributed by atoms with van der Waals surface area (Å²) in [6, 6.07) is 9.16. The van der Waals surface area contributed by atoms with E-state index in [-0.39, 0.29) is 0 Å². The van der Waals surface area contributed by atoms with Gasteiger partial charge in [-0.05, 0) is 12.5 Å². The molecule has 13 heavy (non-hydrogen) atoms. The minimum absolute atomic E-state index is 0.570. The number of hydrogen-bond donors (Lipinski definition) is 1. The standard InChI is InChI=1S/C11H15NO/c1-9-3-2-4-10(5-9)6-12-11-7-13-8-11/h2-5,11-12H,6-8H2,1H3. The average Bonchev–Trinajstić information content (AvgIpc) is 2.01. The van der Waals surface area contributed by atoms with Gasteiger partial charge in [0.2, 0.25) is 0 Å². The Morgan fingerprint density at radius 1 is 1.46 bits per heavy atom. The quantitative estimate of drug-likeness (QED) is 0.755. The highest BCUT2D eigenvalue weighted by Gasteiger charge is 2.16. The van der Waals surface area contributed by atoms with Gasteiger partial charge in [0.05, 0.1) is 19.3 Å².